The lowest BCUT2D eigenvalue weighted by molar-refractivity contribution is -0.0891. The van der Waals surface area contributed by atoms with Gasteiger partial charge in [0.15, 0.2) is 0 Å². The summed E-state index contributed by atoms with van der Waals surface area (Å²) < 4.78 is 36.2. The van der Waals surface area contributed by atoms with E-state index >= 15 is 0 Å². The Morgan fingerprint density at radius 1 is 1.12 bits per heavy atom. The molecule has 1 aliphatic heterocycles. The Labute approximate surface area is 188 Å². The largest absolute Gasteiger partial charge is 0.394 e. The number of hydrogen-bond acceptors (Lipinski definition) is 6. The summed E-state index contributed by atoms with van der Waals surface area (Å²) in [5.41, 5.74) is 2.50. The molecule has 9 heteroatoms. The molecule has 1 fully saturated rings. The molecule has 1 aromatic heterocycles. The van der Waals surface area contributed by atoms with Crippen LogP contribution < -0.4 is 4.72 Å². The molecule has 3 aromatic rings. The van der Waals surface area contributed by atoms with Crippen LogP contribution in [-0.2, 0) is 21.3 Å². The van der Waals surface area contributed by atoms with Crippen molar-refractivity contribution in [3.05, 3.63) is 66.4 Å². The van der Waals surface area contributed by atoms with Crippen molar-refractivity contribution in [1.29, 1.82) is 0 Å². The Morgan fingerprint density at radius 3 is 2.62 bits per heavy atom. The van der Waals surface area contributed by atoms with Crippen LogP contribution in [0, 0.1) is 6.92 Å². The number of rotatable bonds is 8. The van der Waals surface area contributed by atoms with Gasteiger partial charge in [0.2, 0.25) is 10.0 Å². The van der Waals surface area contributed by atoms with Crippen molar-refractivity contribution in [3.8, 4) is 11.3 Å². The minimum absolute atomic E-state index is 0.0873. The van der Waals surface area contributed by atoms with Crippen LogP contribution in [0.3, 0.4) is 0 Å². The minimum atomic E-state index is -3.69. The molecular weight excluding hydrogens is 428 g/mol. The molecule has 0 unspecified atom stereocenters. The minimum Gasteiger partial charge on any atom is -0.394 e. The average molecular weight is 457 g/mol. The van der Waals surface area contributed by atoms with Crippen molar-refractivity contribution in [2.45, 2.75) is 55.9 Å². The van der Waals surface area contributed by atoms with E-state index in [2.05, 4.69) is 15.0 Å². The summed E-state index contributed by atoms with van der Waals surface area (Å²) in [4.78, 5) is 0.249. The monoisotopic (exact) mass is 456 g/mol. The summed E-state index contributed by atoms with van der Waals surface area (Å²) in [7, 11) is -3.69. The van der Waals surface area contributed by atoms with Gasteiger partial charge in [0, 0.05) is 12.1 Å². The maximum absolute atomic E-state index is 12.8. The van der Waals surface area contributed by atoms with Gasteiger partial charge in [-0.2, -0.15) is 0 Å². The predicted octanol–water partition coefficient (Wildman–Crippen LogP) is 2.53. The van der Waals surface area contributed by atoms with Gasteiger partial charge < -0.3 is 9.84 Å². The summed E-state index contributed by atoms with van der Waals surface area (Å²) in [6.45, 7) is 2.14. The molecule has 1 aliphatic rings. The molecule has 170 valence electrons. The Balaban J connectivity index is 1.34. The topological polar surface area (TPSA) is 106 Å². The van der Waals surface area contributed by atoms with Crippen LogP contribution in [-0.4, -0.2) is 53.4 Å². The summed E-state index contributed by atoms with van der Waals surface area (Å²) >= 11 is 0. The maximum atomic E-state index is 12.8. The fraction of sp³-hybridized carbons (Fsp3) is 0.391. The zero-order chi connectivity index (χ0) is 22.6. The third kappa shape index (κ3) is 5.24. The summed E-state index contributed by atoms with van der Waals surface area (Å²) in [6.07, 6.45) is 3.20. The molecule has 0 radical (unpaired) electrons. The van der Waals surface area contributed by atoms with Crippen LogP contribution >= 0.6 is 0 Å². The number of hydrogen-bond donors (Lipinski definition) is 2. The van der Waals surface area contributed by atoms with Crippen molar-refractivity contribution in [1.82, 2.24) is 19.7 Å². The molecule has 8 nitrogen and oxygen atoms in total. The molecule has 1 saturated heterocycles. The second-order valence-electron chi connectivity index (χ2n) is 8.07. The van der Waals surface area contributed by atoms with Crippen molar-refractivity contribution in [2.75, 3.05) is 6.61 Å². The number of aliphatic hydroxyl groups is 1. The van der Waals surface area contributed by atoms with Crippen LogP contribution in [0.15, 0.2) is 65.7 Å². The highest BCUT2D eigenvalue weighted by Gasteiger charge is 2.34. The lowest BCUT2D eigenvalue weighted by Crippen LogP contribution is -2.51. The molecule has 0 aliphatic carbocycles. The molecular formula is C23H28N4O4S. The number of aliphatic hydroxyl groups excluding tert-OH is 1. The van der Waals surface area contributed by atoms with Gasteiger partial charge in [-0.25, -0.2) is 13.1 Å². The second kappa shape index (κ2) is 9.91. The van der Waals surface area contributed by atoms with Crippen LogP contribution in [0.4, 0.5) is 0 Å². The van der Waals surface area contributed by atoms with Gasteiger partial charge in [-0.05, 0) is 37.8 Å². The third-order valence-electron chi connectivity index (χ3n) is 5.77. The molecule has 2 N–H and O–H groups in total. The average Bonchev–Trinajstić information content (AvgIpc) is 3.28. The smallest absolute Gasteiger partial charge is 0.241 e. The molecule has 0 spiro atoms. The molecule has 0 bridgehead atoms. The lowest BCUT2D eigenvalue weighted by atomic mass is 9.98. The Bertz CT molecular complexity index is 1130. The van der Waals surface area contributed by atoms with E-state index in [9.17, 15) is 13.5 Å². The molecule has 32 heavy (non-hydrogen) atoms. The lowest BCUT2D eigenvalue weighted by Gasteiger charge is -2.36. The maximum Gasteiger partial charge on any atom is 0.241 e. The van der Waals surface area contributed by atoms with E-state index in [1.165, 1.54) is 0 Å². The van der Waals surface area contributed by atoms with Gasteiger partial charge in [-0.3, -0.25) is 4.68 Å². The standard InChI is InChI=1S/C23H28N4O4S/c1-17-7-5-6-10-23(17)32(29,30)25-20-12-11-19(31-22(20)16-28)13-14-27-15-21(24-26-27)18-8-3-2-4-9-18/h2-10,15,19-20,22,25,28H,11-14,16H2,1H3/t19-,20+,22-/m1/s1. The highest BCUT2D eigenvalue weighted by molar-refractivity contribution is 7.89. The van der Waals surface area contributed by atoms with Gasteiger partial charge >= 0.3 is 0 Å². The van der Waals surface area contributed by atoms with Crippen LogP contribution in [0.25, 0.3) is 11.3 Å². The third-order valence-corrected chi connectivity index (χ3v) is 7.42. The van der Waals surface area contributed by atoms with Gasteiger partial charge in [0.1, 0.15) is 5.69 Å². The number of aryl methyl sites for hydroxylation is 2. The SMILES string of the molecule is Cc1ccccc1S(=O)(=O)N[C@H]1CC[C@H](CCn2cc(-c3ccccc3)nn2)O[C@@H]1CO. The number of benzene rings is 2. The van der Waals surface area contributed by atoms with Gasteiger partial charge in [-0.15, -0.1) is 5.10 Å². The van der Waals surface area contributed by atoms with Crippen LogP contribution in [0.2, 0.25) is 0 Å². The van der Waals surface area contributed by atoms with Crippen molar-refractivity contribution < 1.29 is 18.3 Å². The van der Waals surface area contributed by atoms with Gasteiger partial charge in [0.05, 0.1) is 35.9 Å². The van der Waals surface area contributed by atoms with E-state index in [1.807, 2.05) is 36.5 Å². The summed E-state index contributed by atoms with van der Waals surface area (Å²) in [5, 5.41) is 18.2. The van der Waals surface area contributed by atoms with Crippen molar-refractivity contribution in [3.63, 3.8) is 0 Å². The Kier molecular flexibility index (Phi) is 7.00. The Hall–Kier alpha value is -2.59. The highest BCUT2D eigenvalue weighted by atomic mass is 32.2. The Morgan fingerprint density at radius 2 is 1.88 bits per heavy atom. The quantitative estimate of drug-likeness (QED) is 0.540. The first-order chi connectivity index (χ1) is 15.5. The molecule has 3 atom stereocenters. The first-order valence-corrected chi connectivity index (χ1v) is 12.2. The second-order valence-corrected chi connectivity index (χ2v) is 9.75. The zero-order valence-corrected chi connectivity index (χ0v) is 18.8. The van der Waals surface area contributed by atoms with E-state index in [1.54, 1.807) is 35.9 Å². The fourth-order valence-corrected chi connectivity index (χ4v) is 5.57. The molecule has 4 rings (SSSR count). The number of ether oxygens (including phenoxy) is 1. The molecule has 0 amide bonds. The number of nitrogens with one attached hydrogen (secondary N) is 1. The molecule has 0 saturated carbocycles. The van der Waals surface area contributed by atoms with E-state index in [4.69, 9.17) is 4.74 Å². The first kappa shape index (κ1) is 22.6. The fourth-order valence-electron chi connectivity index (χ4n) is 4.02. The number of nitrogens with zero attached hydrogens (tertiary/aromatic N) is 3. The number of sulfonamides is 1. The summed E-state index contributed by atoms with van der Waals surface area (Å²) in [6, 6.07) is 16.2. The van der Waals surface area contributed by atoms with Crippen molar-refractivity contribution >= 4 is 10.0 Å². The summed E-state index contributed by atoms with van der Waals surface area (Å²) in [5.74, 6) is 0. The first-order valence-electron chi connectivity index (χ1n) is 10.8. The van der Waals surface area contributed by atoms with Crippen LogP contribution in [0.1, 0.15) is 24.8 Å². The normalized spacial score (nSPS) is 21.5. The van der Waals surface area contributed by atoms with Crippen LogP contribution in [0.5, 0.6) is 0 Å². The molecule has 2 aromatic carbocycles. The van der Waals surface area contributed by atoms with E-state index in [0.29, 0.717) is 31.4 Å². The predicted molar refractivity (Wildman–Crippen MR) is 120 cm³/mol. The van der Waals surface area contributed by atoms with Crippen molar-refractivity contribution in [2.24, 2.45) is 0 Å². The van der Waals surface area contributed by atoms with E-state index < -0.39 is 22.2 Å². The van der Waals surface area contributed by atoms with E-state index in [0.717, 1.165) is 11.3 Å². The zero-order valence-electron chi connectivity index (χ0n) is 18.0. The van der Waals surface area contributed by atoms with Gasteiger partial charge in [-0.1, -0.05) is 53.7 Å². The van der Waals surface area contributed by atoms with E-state index in [-0.39, 0.29) is 17.6 Å². The number of aromatic nitrogens is 3. The molecule has 2 heterocycles. The highest BCUT2D eigenvalue weighted by Crippen LogP contribution is 2.25. The van der Waals surface area contributed by atoms with Gasteiger partial charge in [0.25, 0.3) is 0 Å².